The second kappa shape index (κ2) is 6.39. The summed E-state index contributed by atoms with van der Waals surface area (Å²) >= 11 is 5.93. The first-order chi connectivity index (χ1) is 8.10. The van der Waals surface area contributed by atoms with Crippen LogP contribution in [0, 0.1) is 0 Å². The van der Waals surface area contributed by atoms with Crippen molar-refractivity contribution < 1.29 is 5.11 Å². The van der Waals surface area contributed by atoms with Gasteiger partial charge in [-0.3, -0.25) is 0 Å². The molecule has 2 nitrogen and oxygen atoms in total. The van der Waals surface area contributed by atoms with Gasteiger partial charge in [0.15, 0.2) is 0 Å². The first-order valence-corrected chi connectivity index (χ1v) is 6.65. The minimum atomic E-state index is -0.683. The molecule has 2 rings (SSSR count). The molecular formula is C14H22ClNO. The lowest BCUT2D eigenvalue weighted by Crippen LogP contribution is -2.40. The molecule has 0 unspecified atom stereocenters. The lowest BCUT2D eigenvalue weighted by atomic mass is 9.85. The summed E-state index contributed by atoms with van der Waals surface area (Å²) in [7, 11) is 2.08. The molecule has 3 heteroatoms. The maximum absolute atomic E-state index is 10.5. The zero-order valence-electron chi connectivity index (χ0n) is 10.9. The fourth-order valence-electron chi connectivity index (χ4n) is 2.06. The molecule has 0 radical (unpaired) electrons. The van der Waals surface area contributed by atoms with Crippen LogP contribution in [0.3, 0.4) is 0 Å². The first kappa shape index (κ1) is 14.5. The normalized spacial score (nSPS) is 19.4. The number of halogens is 1. The van der Waals surface area contributed by atoms with Gasteiger partial charge >= 0.3 is 0 Å². The highest BCUT2D eigenvalue weighted by Gasteiger charge is 2.32. The highest BCUT2D eigenvalue weighted by molar-refractivity contribution is 6.30. The number of nitrogens with zero attached hydrogens (tertiary/aromatic N) is 1. The van der Waals surface area contributed by atoms with Crippen LogP contribution in [-0.2, 0) is 5.60 Å². The summed E-state index contributed by atoms with van der Waals surface area (Å²) < 4.78 is 0. The van der Waals surface area contributed by atoms with Gasteiger partial charge < -0.3 is 10.0 Å². The molecule has 17 heavy (non-hydrogen) atoms. The fourth-order valence-corrected chi connectivity index (χ4v) is 2.25. The van der Waals surface area contributed by atoms with E-state index < -0.39 is 5.60 Å². The average molecular weight is 256 g/mol. The largest absolute Gasteiger partial charge is 0.385 e. The number of benzene rings is 1. The summed E-state index contributed by atoms with van der Waals surface area (Å²) in [6.07, 6.45) is 1.56. The van der Waals surface area contributed by atoms with Gasteiger partial charge in [-0.15, -0.1) is 0 Å². The Bertz CT molecular complexity index is 346. The van der Waals surface area contributed by atoms with Gasteiger partial charge in [0.2, 0.25) is 0 Å². The van der Waals surface area contributed by atoms with Crippen molar-refractivity contribution in [3.05, 3.63) is 34.9 Å². The van der Waals surface area contributed by atoms with E-state index in [2.05, 4.69) is 11.9 Å². The smallest absolute Gasteiger partial charge is 0.0921 e. The monoisotopic (exact) mass is 255 g/mol. The van der Waals surface area contributed by atoms with E-state index in [0.29, 0.717) is 5.02 Å². The topological polar surface area (TPSA) is 23.5 Å². The molecular weight excluding hydrogens is 234 g/mol. The third-order valence-corrected chi connectivity index (χ3v) is 3.41. The predicted octanol–water partition coefficient (Wildman–Crippen LogP) is 3.28. The summed E-state index contributed by atoms with van der Waals surface area (Å²) in [4.78, 5) is 2.24. The van der Waals surface area contributed by atoms with Crippen molar-refractivity contribution in [2.45, 2.75) is 32.3 Å². The van der Waals surface area contributed by atoms with Crippen molar-refractivity contribution in [1.29, 1.82) is 0 Å². The molecule has 96 valence electrons. The molecule has 1 aromatic rings. The molecule has 1 N–H and O–H groups in total. The Morgan fingerprint density at radius 3 is 2.35 bits per heavy atom. The molecule has 0 saturated carbocycles. The van der Waals surface area contributed by atoms with Gasteiger partial charge in [0.05, 0.1) is 5.60 Å². The second-order valence-corrected chi connectivity index (χ2v) is 4.78. The lowest BCUT2D eigenvalue weighted by molar-refractivity contribution is -0.0203. The van der Waals surface area contributed by atoms with Crippen LogP contribution in [0.5, 0.6) is 0 Å². The van der Waals surface area contributed by atoms with Gasteiger partial charge in [-0.1, -0.05) is 37.6 Å². The van der Waals surface area contributed by atoms with Crippen molar-refractivity contribution in [2.75, 3.05) is 20.1 Å². The van der Waals surface area contributed by atoms with E-state index in [1.807, 2.05) is 38.1 Å². The Hall–Kier alpha value is -0.570. The van der Waals surface area contributed by atoms with Crippen molar-refractivity contribution in [1.82, 2.24) is 4.90 Å². The number of likely N-dealkylation sites (tertiary alicyclic amines) is 1. The molecule has 1 heterocycles. The van der Waals surface area contributed by atoms with Crippen molar-refractivity contribution in [3.8, 4) is 0 Å². The first-order valence-electron chi connectivity index (χ1n) is 6.27. The van der Waals surface area contributed by atoms with Gasteiger partial charge in [-0.25, -0.2) is 0 Å². The number of hydrogen-bond acceptors (Lipinski definition) is 2. The SMILES string of the molecule is CC.CN1CCC(O)(c2cccc(Cl)c2)CC1. The van der Waals surface area contributed by atoms with Crippen LogP contribution in [0.2, 0.25) is 5.02 Å². The average Bonchev–Trinajstić information content (AvgIpc) is 2.36. The van der Waals surface area contributed by atoms with Crippen LogP contribution in [0.25, 0.3) is 0 Å². The Morgan fingerprint density at radius 1 is 1.24 bits per heavy atom. The van der Waals surface area contributed by atoms with E-state index in [0.717, 1.165) is 31.5 Å². The van der Waals surface area contributed by atoms with Crippen molar-refractivity contribution in [3.63, 3.8) is 0 Å². The highest BCUT2D eigenvalue weighted by Crippen LogP contribution is 2.33. The standard InChI is InChI=1S/C12H16ClNO.C2H6/c1-14-7-5-12(15,6-8-14)10-3-2-4-11(13)9-10;1-2/h2-4,9,15H,5-8H2,1H3;1-2H3. The van der Waals surface area contributed by atoms with E-state index in [1.54, 1.807) is 0 Å². The van der Waals surface area contributed by atoms with Gasteiger partial charge in [0, 0.05) is 18.1 Å². The summed E-state index contributed by atoms with van der Waals surface area (Å²) in [5, 5.41) is 11.2. The summed E-state index contributed by atoms with van der Waals surface area (Å²) in [6, 6.07) is 7.56. The lowest BCUT2D eigenvalue weighted by Gasteiger charge is -2.37. The van der Waals surface area contributed by atoms with E-state index >= 15 is 0 Å². The van der Waals surface area contributed by atoms with Crippen LogP contribution >= 0.6 is 11.6 Å². The van der Waals surface area contributed by atoms with Gasteiger partial charge in [-0.2, -0.15) is 0 Å². The van der Waals surface area contributed by atoms with E-state index in [1.165, 1.54) is 0 Å². The van der Waals surface area contributed by atoms with Gasteiger partial charge in [-0.05, 0) is 37.6 Å². The molecule has 0 aromatic heterocycles. The Morgan fingerprint density at radius 2 is 1.82 bits per heavy atom. The minimum Gasteiger partial charge on any atom is -0.385 e. The molecule has 1 saturated heterocycles. The van der Waals surface area contributed by atoms with Gasteiger partial charge in [0.1, 0.15) is 0 Å². The quantitative estimate of drug-likeness (QED) is 0.833. The molecule has 1 aromatic carbocycles. The van der Waals surface area contributed by atoms with E-state index in [-0.39, 0.29) is 0 Å². The minimum absolute atomic E-state index is 0.683. The van der Waals surface area contributed by atoms with Crippen molar-refractivity contribution in [2.24, 2.45) is 0 Å². The van der Waals surface area contributed by atoms with Gasteiger partial charge in [0.25, 0.3) is 0 Å². The fraction of sp³-hybridized carbons (Fsp3) is 0.571. The zero-order chi connectivity index (χ0) is 12.9. The zero-order valence-corrected chi connectivity index (χ0v) is 11.7. The maximum Gasteiger partial charge on any atom is 0.0921 e. The van der Waals surface area contributed by atoms with Crippen LogP contribution < -0.4 is 0 Å². The third-order valence-electron chi connectivity index (χ3n) is 3.18. The Labute approximate surface area is 109 Å². The van der Waals surface area contributed by atoms with Crippen LogP contribution in [0.4, 0.5) is 0 Å². The molecule has 0 bridgehead atoms. The summed E-state index contributed by atoms with van der Waals surface area (Å²) in [5.41, 5.74) is 0.264. The predicted molar refractivity (Wildman–Crippen MR) is 73.4 cm³/mol. The number of aliphatic hydroxyl groups is 1. The molecule has 0 amide bonds. The van der Waals surface area contributed by atoms with Crippen LogP contribution in [-0.4, -0.2) is 30.1 Å². The Kier molecular flexibility index (Phi) is 5.44. The second-order valence-electron chi connectivity index (χ2n) is 4.35. The maximum atomic E-state index is 10.5. The van der Waals surface area contributed by atoms with E-state index in [4.69, 9.17) is 11.6 Å². The molecule has 1 aliphatic heterocycles. The molecule has 1 fully saturated rings. The number of piperidine rings is 1. The van der Waals surface area contributed by atoms with E-state index in [9.17, 15) is 5.11 Å². The summed E-state index contributed by atoms with van der Waals surface area (Å²) in [6.45, 7) is 5.87. The van der Waals surface area contributed by atoms with Crippen LogP contribution in [0.1, 0.15) is 32.3 Å². The molecule has 0 spiro atoms. The summed E-state index contributed by atoms with van der Waals surface area (Å²) in [5.74, 6) is 0. The van der Waals surface area contributed by atoms with Crippen molar-refractivity contribution >= 4 is 11.6 Å². The highest BCUT2D eigenvalue weighted by atomic mass is 35.5. The molecule has 0 atom stereocenters. The number of rotatable bonds is 1. The Balaban J connectivity index is 0.000000686. The third kappa shape index (κ3) is 3.70. The number of hydrogen-bond donors (Lipinski definition) is 1. The van der Waals surface area contributed by atoms with Crippen LogP contribution in [0.15, 0.2) is 24.3 Å². The molecule has 1 aliphatic rings. The molecule has 0 aliphatic carbocycles.